The summed E-state index contributed by atoms with van der Waals surface area (Å²) < 4.78 is 5.20. The summed E-state index contributed by atoms with van der Waals surface area (Å²) in [6, 6.07) is 7.49. The Kier molecular flexibility index (Phi) is 5.43. The molecule has 108 valence electrons. The van der Waals surface area contributed by atoms with E-state index in [-0.39, 0.29) is 17.6 Å². The van der Waals surface area contributed by atoms with Crippen molar-refractivity contribution in [2.75, 3.05) is 24.3 Å². The van der Waals surface area contributed by atoms with Gasteiger partial charge in [-0.05, 0) is 24.1 Å². The summed E-state index contributed by atoms with van der Waals surface area (Å²) in [5.74, 6) is -0.211. The van der Waals surface area contributed by atoms with Gasteiger partial charge in [0.05, 0.1) is 18.3 Å². The van der Waals surface area contributed by atoms with E-state index >= 15 is 0 Å². The highest BCUT2D eigenvalue weighted by Crippen LogP contribution is 2.19. The molecule has 0 aliphatic carbocycles. The monoisotopic (exact) mass is 295 g/mol. The summed E-state index contributed by atoms with van der Waals surface area (Å²) in [4.78, 5) is 22.4. The summed E-state index contributed by atoms with van der Waals surface area (Å²) >= 11 is 1.34. The van der Waals surface area contributed by atoms with Crippen LogP contribution in [0.3, 0.4) is 0 Å². The van der Waals surface area contributed by atoms with E-state index in [0.29, 0.717) is 19.0 Å². The van der Waals surface area contributed by atoms with Crippen molar-refractivity contribution in [3.63, 3.8) is 0 Å². The highest BCUT2D eigenvalue weighted by atomic mass is 32.2. The fourth-order valence-corrected chi connectivity index (χ4v) is 2.67. The normalized spacial score (nSPS) is 17.9. The molecular formula is C14H17NO4S. The van der Waals surface area contributed by atoms with Crippen LogP contribution in [-0.4, -0.2) is 35.9 Å². The van der Waals surface area contributed by atoms with Crippen LogP contribution < -0.4 is 5.32 Å². The zero-order valence-corrected chi connectivity index (χ0v) is 11.8. The molecule has 0 aromatic heterocycles. The fraction of sp³-hybridized carbons (Fsp3) is 0.429. The SMILES string of the molecule is O=C(O)CSCc1cccc(NC(=O)C2CCOC2)c1. The smallest absolute Gasteiger partial charge is 0.313 e. The van der Waals surface area contributed by atoms with Crippen LogP contribution in [0.2, 0.25) is 0 Å². The van der Waals surface area contributed by atoms with E-state index in [4.69, 9.17) is 9.84 Å². The van der Waals surface area contributed by atoms with Crippen LogP contribution in [0.15, 0.2) is 24.3 Å². The topological polar surface area (TPSA) is 75.6 Å². The first-order valence-corrected chi connectivity index (χ1v) is 7.57. The molecular weight excluding hydrogens is 278 g/mol. The van der Waals surface area contributed by atoms with Gasteiger partial charge in [0, 0.05) is 18.0 Å². The van der Waals surface area contributed by atoms with Crippen molar-refractivity contribution in [2.45, 2.75) is 12.2 Å². The van der Waals surface area contributed by atoms with Crippen molar-refractivity contribution in [3.05, 3.63) is 29.8 Å². The molecule has 1 aliphatic rings. The third-order valence-electron chi connectivity index (χ3n) is 2.99. The molecule has 1 aliphatic heterocycles. The van der Waals surface area contributed by atoms with Crippen molar-refractivity contribution >= 4 is 29.3 Å². The molecule has 0 saturated carbocycles. The van der Waals surface area contributed by atoms with Crippen molar-refractivity contribution < 1.29 is 19.4 Å². The fourth-order valence-electron chi connectivity index (χ4n) is 1.98. The van der Waals surface area contributed by atoms with E-state index in [9.17, 15) is 9.59 Å². The van der Waals surface area contributed by atoms with Gasteiger partial charge in [-0.1, -0.05) is 12.1 Å². The number of hydrogen-bond donors (Lipinski definition) is 2. The first kappa shape index (κ1) is 14.9. The van der Waals surface area contributed by atoms with Crippen molar-refractivity contribution in [1.29, 1.82) is 0 Å². The van der Waals surface area contributed by atoms with Gasteiger partial charge < -0.3 is 15.2 Å². The zero-order chi connectivity index (χ0) is 14.4. The largest absolute Gasteiger partial charge is 0.481 e. The van der Waals surface area contributed by atoms with Crippen molar-refractivity contribution in [1.82, 2.24) is 0 Å². The molecule has 1 atom stereocenters. The standard InChI is InChI=1S/C14H17NO4S/c16-13(17)9-20-8-10-2-1-3-12(6-10)15-14(18)11-4-5-19-7-11/h1-3,6,11H,4-5,7-9H2,(H,15,18)(H,16,17). The quantitative estimate of drug-likeness (QED) is 0.839. The summed E-state index contributed by atoms with van der Waals surface area (Å²) in [7, 11) is 0. The van der Waals surface area contributed by atoms with Crippen molar-refractivity contribution in [2.24, 2.45) is 5.92 Å². The molecule has 1 aromatic carbocycles. The Hall–Kier alpha value is -1.53. The van der Waals surface area contributed by atoms with Gasteiger partial charge in [0.25, 0.3) is 0 Å². The molecule has 5 nitrogen and oxygen atoms in total. The van der Waals surface area contributed by atoms with Gasteiger partial charge in [-0.25, -0.2) is 0 Å². The number of carbonyl (C=O) groups is 2. The molecule has 0 radical (unpaired) electrons. The number of carboxylic acid groups (broad SMARTS) is 1. The molecule has 2 rings (SSSR count). The minimum atomic E-state index is -0.819. The van der Waals surface area contributed by atoms with Crippen molar-refractivity contribution in [3.8, 4) is 0 Å². The molecule has 0 spiro atoms. The van der Waals surface area contributed by atoms with E-state index in [1.54, 1.807) is 0 Å². The number of hydrogen-bond acceptors (Lipinski definition) is 4. The second-order valence-corrected chi connectivity index (χ2v) is 5.62. The van der Waals surface area contributed by atoms with E-state index in [1.807, 2.05) is 24.3 Å². The number of ether oxygens (including phenoxy) is 1. The highest BCUT2D eigenvalue weighted by Gasteiger charge is 2.23. The predicted octanol–water partition coefficient (Wildman–Crippen LogP) is 1.98. The Balaban J connectivity index is 1.88. The molecule has 1 amide bonds. The zero-order valence-electron chi connectivity index (χ0n) is 11.0. The molecule has 6 heteroatoms. The first-order chi connectivity index (χ1) is 9.65. The Morgan fingerprint density at radius 2 is 2.30 bits per heavy atom. The number of aliphatic carboxylic acids is 1. The second kappa shape index (κ2) is 7.31. The van der Waals surface area contributed by atoms with Gasteiger partial charge in [0.2, 0.25) is 5.91 Å². The van der Waals surface area contributed by atoms with E-state index in [1.165, 1.54) is 11.8 Å². The van der Waals surface area contributed by atoms with Crippen LogP contribution in [0.25, 0.3) is 0 Å². The van der Waals surface area contributed by atoms with E-state index < -0.39 is 5.97 Å². The number of thioether (sulfide) groups is 1. The minimum Gasteiger partial charge on any atom is -0.481 e. The van der Waals surface area contributed by atoms with Crippen LogP contribution in [0.1, 0.15) is 12.0 Å². The number of benzene rings is 1. The number of carbonyl (C=O) groups excluding carboxylic acids is 1. The van der Waals surface area contributed by atoms with Gasteiger partial charge >= 0.3 is 5.97 Å². The molecule has 2 N–H and O–H groups in total. The molecule has 1 saturated heterocycles. The minimum absolute atomic E-state index is 0.0159. The Bertz CT molecular complexity index is 486. The van der Waals surface area contributed by atoms with Crippen LogP contribution in [-0.2, 0) is 20.1 Å². The number of anilines is 1. The summed E-state index contributed by atoms with van der Waals surface area (Å²) in [5, 5.41) is 11.5. The number of rotatable bonds is 6. The Labute approximate surface area is 121 Å². The number of carboxylic acids is 1. The van der Waals surface area contributed by atoms with Gasteiger partial charge in [-0.3, -0.25) is 9.59 Å². The summed E-state index contributed by atoms with van der Waals surface area (Å²) in [6.45, 7) is 1.13. The lowest BCUT2D eigenvalue weighted by molar-refractivity contribution is -0.133. The first-order valence-electron chi connectivity index (χ1n) is 6.42. The lowest BCUT2D eigenvalue weighted by atomic mass is 10.1. The molecule has 1 fully saturated rings. The number of nitrogens with one attached hydrogen (secondary N) is 1. The van der Waals surface area contributed by atoms with E-state index in [0.717, 1.165) is 17.7 Å². The second-order valence-electron chi connectivity index (χ2n) is 4.64. The lowest BCUT2D eigenvalue weighted by Crippen LogP contribution is -2.22. The van der Waals surface area contributed by atoms with Gasteiger partial charge in [-0.2, -0.15) is 0 Å². The molecule has 1 unspecified atom stereocenters. The van der Waals surface area contributed by atoms with Gasteiger partial charge in [-0.15, -0.1) is 11.8 Å². The van der Waals surface area contributed by atoms with Crippen LogP contribution in [0.5, 0.6) is 0 Å². The number of amides is 1. The Morgan fingerprint density at radius 3 is 3.00 bits per heavy atom. The maximum absolute atomic E-state index is 12.0. The predicted molar refractivity (Wildman–Crippen MR) is 77.8 cm³/mol. The third kappa shape index (κ3) is 4.54. The van der Waals surface area contributed by atoms with Crippen LogP contribution in [0.4, 0.5) is 5.69 Å². The van der Waals surface area contributed by atoms with Crippen LogP contribution in [0, 0.1) is 5.92 Å². The molecule has 1 aromatic rings. The summed E-state index contributed by atoms with van der Waals surface area (Å²) in [5.41, 5.74) is 1.74. The van der Waals surface area contributed by atoms with Gasteiger partial charge in [0.1, 0.15) is 0 Å². The molecule has 1 heterocycles. The average Bonchev–Trinajstić information content (AvgIpc) is 2.92. The third-order valence-corrected chi connectivity index (χ3v) is 3.98. The van der Waals surface area contributed by atoms with E-state index in [2.05, 4.69) is 5.32 Å². The van der Waals surface area contributed by atoms with Gasteiger partial charge in [0.15, 0.2) is 0 Å². The average molecular weight is 295 g/mol. The maximum Gasteiger partial charge on any atom is 0.313 e. The molecule has 20 heavy (non-hydrogen) atoms. The highest BCUT2D eigenvalue weighted by molar-refractivity contribution is 7.99. The Morgan fingerprint density at radius 1 is 1.45 bits per heavy atom. The molecule has 0 bridgehead atoms. The lowest BCUT2D eigenvalue weighted by Gasteiger charge is -2.10. The maximum atomic E-state index is 12.0. The summed E-state index contributed by atoms with van der Waals surface area (Å²) in [6.07, 6.45) is 0.764. The van der Waals surface area contributed by atoms with Crippen LogP contribution >= 0.6 is 11.8 Å².